The summed E-state index contributed by atoms with van der Waals surface area (Å²) >= 11 is 6.04. The van der Waals surface area contributed by atoms with Crippen LogP contribution in [0.1, 0.15) is 18.2 Å². The van der Waals surface area contributed by atoms with Crippen molar-refractivity contribution in [2.75, 3.05) is 19.0 Å². The lowest BCUT2D eigenvalue weighted by Crippen LogP contribution is -2.34. The van der Waals surface area contributed by atoms with Crippen molar-refractivity contribution in [3.63, 3.8) is 0 Å². The summed E-state index contributed by atoms with van der Waals surface area (Å²) in [5.74, 6) is -0.118. The molecule has 0 bridgehead atoms. The van der Waals surface area contributed by atoms with Crippen LogP contribution in [0.2, 0.25) is 5.02 Å². The number of urea groups is 1. The van der Waals surface area contributed by atoms with Crippen LogP contribution in [-0.2, 0) is 13.6 Å². The molecule has 0 fully saturated rings. The van der Waals surface area contributed by atoms with Gasteiger partial charge < -0.3 is 15.0 Å². The number of rotatable bonds is 5. The molecule has 24 heavy (non-hydrogen) atoms. The van der Waals surface area contributed by atoms with Gasteiger partial charge in [-0.25, -0.2) is 9.18 Å². The molecular formula is C16H20ClFN4O2. The average molecular weight is 355 g/mol. The van der Waals surface area contributed by atoms with E-state index in [0.717, 1.165) is 5.69 Å². The smallest absolute Gasteiger partial charge is 0.322 e. The maximum atomic E-state index is 13.9. The van der Waals surface area contributed by atoms with Gasteiger partial charge >= 0.3 is 6.03 Å². The average Bonchev–Trinajstić information content (AvgIpc) is 2.82. The van der Waals surface area contributed by atoms with Crippen LogP contribution in [0.25, 0.3) is 0 Å². The molecule has 2 amide bonds. The number of halogens is 2. The Kier molecular flexibility index (Phi) is 5.66. The summed E-state index contributed by atoms with van der Waals surface area (Å²) in [4.78, 5) is 14.0. The van der Waals surface area contributed by atoms with Gasteiger partial charge in [-0.15, -0.1) is 5.10 Å². The van der Waals surface area contributed by atoms with E-state index in [4.69, 9.17) is 16.3 Å². The summed E-state index contributed by atoms with van der Waals surface area (Å²) in [5, 5.41) is 7.22. The van der Waals surface area contributed by atoms with E-state index in [0.29, 0.717) is 18.1 Å². The molecule has 2 rings (SSSR count). The lowest BCUT2D eigenvalue weighted by atomic mass is 10.2. The summed E-state index contributed by atoms with van der Waals surface area (Å²) < 4.78 is 20.7. The summed E-state index contributed by atoms with van der Waals surface area (Å²) in [6.45, 7) is 4.07. The molecule has 0 radical (unpaired) electrons. The summed E-state index contributed by atoms with van der Waals surface area (Å²) in [6.07, 6.45) is 0. The molecule has 0 saturated heterocycles. The van der Waals surface area contributed by atoms with E-state index in [1.54, 1.807) is 17.8 Å². The fourth-order valence-electron chi connectivity index (χ4n) is 2.25. The van der Waals surface area contributed by atoms with Crippen LogP contribution in [0.3, 0.4) is 0 Å². The Bertz CT molecular complexity index is 728. The number of hydrogen-bond donors (Lipinski definition) is 1. The van der Waals surface area contributed by atoms with Crippen LogP contribution >= 0.6 is 11.6 Å². The Balaban J connectivity index is 2.21. The third-order valence-electron chi connectivity index (χ3n) is 3.81. The van der Waals surface area contributed by atoms with E-state index in [2.05, 4.69) is 10.4 Å². The second-order valence-electron chi connectivity index (χ2n) is 5.24. The molecule has 8 heteroatoms. The van der Waals surface area contributed by atoms with Gasteiger partial charge in [0.25, 0.3) is 5.88 Å². The molecule has 0 aliphatic carbocycles. The molecule has 1 aromatic carbocycles. The van der Waals surface area contributed by atoms with Crippen molar-refractivity contribution < 1.29 is 13.9 Å². The number of carbonyl (C=O) groups is 1. The van der Waals surface area contributed by atoms with E-state index in [1.165, 1.54) is 24.1 Å². The molecule has 0 unspecified atom stereocenters. The van der Waals surface area contributed by atoms with E-state index < -0.39 is 5.82 Å². The summed E-state index contributed by atoms with van der Waals surface area (Å²) in [6, 6.07) is 4.06. The number of nitrogens with one attached hydrogen (secondary N) is 1. The molecule has 6 nitrogen and oxygen atoms in total. The van der Waals surface area contributed by atoms with Crippen LogP contribution in [0.5, 0.6) is 5.88 Å². The zero-order valence-corrected chi connectivity index (χ0v) is 14.8. The zero-order chi connectivity index (χ0) is 17.9. The minimum atomic E-state index is -0.441. The molecule has 130 valence electrons. The van der Waals surface area contributed by atoms with Crippen molar-refractivity contribution in [3.8, 4) is 5.88 Å². The second-order valence-corrected chi connectivity index (χ2v) is 5.65. The van der Waals surface area contributed by atoms with E-state index in [1.807, 2.05) is 13.8 Å². The number of benzene rings is 1. The molecule has 0 aliphatic rings. The number of ether oxygens (including phenoxy) is 1. The topological polar surface area (TPSA) is 59.4 Å². The molecule has 1 N–H and O–H groups in total. The Morgan fingerprint density at radius 2 is 2.21 bits per heavy atom. The standard InChI is InChI=1S/C16H20ClFN4O2/c1-5-22(9-11-12(17)7-6-8-13(11)18)16(23)19-14-10(2)21(3)20-15(14)24-4/h6-8H,5,9H2,1-4H3,(H,19,23). The van der Waals surface area contributed by atoms with Crippen LogP contribution in [0, 0.1) is 12.7 Å². The third kappa shape index (κ3) is 3.62. The predicted molar refractivity (Wildman–Crippen MR) is 91.0 cm³/mol. The normalized spacial score (nSPS) is 10.6. The minimum absolute atomic E-state index is 0.0649. The van der Waals surface area contributed by atoms with Crippen LogP contribution in [0.15, 0.2) is 18.2 Å². The molecule has 0 spiro atoms. The Hall–Kier alpha value is -2.28. The first kappa shape index (κ1) is 18.1. The van der Waals surface area contributed by atoms with Gasteiger partial charge in [0.15, 0.2) is 0 Å². The highest BCUT2D eigenvalue weighted by Crippen LogP contribution is 2.27. The predicted octanol–water partition coefficient (Wildman–Crippen LogP) is 3.58. The highest BCUT2D eigenvalue weighted by Gasteiger charge is 2.21. The molecule has 2 aromatic rings. The monoisotopic (exact) mass is 354 g/mol. The van der Waals surface area contributed by atoms with Gasteiger partial charge in [-0.05, 0) is 26.0 Å². The van der Waals surface area contributed by atoms with Gasteiger partial charge in [-0.2, -0.15) is 0 Å². The molecule has 1 aromatic heterocycles. The first-order valence-electron chi connectivity index (χ1n) is 7.45. The van der Waals surface area contributed by atoms with Gasteiger partial charge in [0.1, 0.15) is 11.5 Å². The quantitative estimate of drug-likeness (QED) is 0.892. The zero-order valence-electron chi connectivity index (χ0n) is 14.1. The number of carbonyl (C=O) groups excluding carboxylic acids is 1. The van der Waals surface area contributed by atoms with Crippen LogP contribution in [-0.4, -0.2) is 34.4 Å². The lowest BCUT2D eigenvalue weighted by molar-refractivity contribution is 0.211. The van der Waals surface area contributed by atoms with Crippen LogP contribution in [0.4, 0.5) is 14.9 Å². The highest BCUT2D eigenvalue weighted by molar-refractivity contribution is 6.31. The Morgan fingerprint density at radius 1 is 1.50 bits per heavy atom. The molecular weight excluding hydrogens is 335 g/mol. The van der Waals surface area contributed by atoms with Gasteiger partial charge in [0.2, 0.25) is 0 Å². The third-order valence-corrected chi connectivity index (χ3v) is 4.16. The van der Waals surface area contributed by atoms with Crippen molar-refractivity contribution in [2.45, 2.75) is 20.4 Å². The number of amides is 2. The second kappa shape index (κ2) is 7.53. The van der Waals surface area contributed by atoms with Crippen molar-refractivity contribution >= 4 is 23.3 Å². The van der Waals surface area contributed by atoms with E-state index >= 15 is 0 Å². The van der Waals surface area contributed by atoms with Crippen molar-refractivity contribution in [1.29, 1.82) is 0 Å². The van der Waals surface area contributed by atoms with Crippen LogP contribution < -0.4 is 10.1 Å². The summed E-state index contributed by atoms with van der Waals surface area (Å²) in [7, 11) is 3.23. The number of anilines is 1. The number of hydrogen-bond acceptors (Lipinski definition) is 3. The maximum Gasteiger partial charge on any atom is 0.322 e. The molecule has 0 aliphatic heterocycles. The van der Waals surface area contributed by atoms with Gasteiger partial charge in [0, 0.05) is 24.2 Å². The Labute approximate surface area is 145 Å². The first-order chi connectivity index (χ1) is 11.4. The number of nitrogens with zero attached hydrogens (tertiary/aromatic N) is 3. The lowest BCUT2D eigenvalue weighted by Gasteiger charge is -2.22. The maximum absolute atomic E-state index is 13.9. The Morgan fingerprint density at radius 3 is 2.79 bits per heavy atom. The molecule has 0 atom stereocenters. The fraction of sp³-hybridized carbons (Fsp3) is 0.375. The largest absolute Gasteiger partial charge is 0.478 e. The fourth-order valence-corrected chi connectivity index (χ4v) is 2.47. The van der Waals surface area contributed by atoms with Gasteiger partial charge in [0.05, 0.1) is 19.3 Å². The van der Waals surface area contributed by atoms with Crippen molar-refractivity contribution in [2.24, 2.45) is 7.05 Å². The van der Waals surface area contributed by atoms with Crippen molar-refractivity contribution in [3.05, 3.63) is 40.3 Å². The van der Waals surface area contributed by atoms with Gasteiger partial charge in [-0.3, -0.25) is 4.68 Å². The minimum Gasteiger partial charge on any atom is -0.478 e. The van der Waals surface area contributed by atoms with E-state index in [9.17, 15) is 9.18 Å². The number of methoxy groups -OCH3 is 1. The number of aryl methyl sites for hydroxylation is 1. The number of aromatic nitrogens is 2. The molecule has 1 heterocycles. The van der Waals surface area contributed by atoms with E-state index in [-0.39, 0.29) is 23.2 Å². The SMILES string of the molecule is CCN(Cc1c(F)cccc1Cl)C(=O)Nc1c(OC)nn(C)c1C. The highest BCUT2D eigenvalue weighted by atomic mass is 35.5. The summed E-state index contributed by atoms with van der Waals surface area (Å²) in [5.41, 5.74) is 1.52. The van der Waals surface area contributed by atoms with Gasteiger partial charge in [-0.1, -0.05) is 17.7 Å². The van der Waals surface area contributed by atoms with Crippen molar-refractivity contribution in [1.82, 2.24) is 14.7 Å². The first-order valence-corrected chi connectivity index (χ1v) is 7.83. The molecule has 0 saturated carbocycles.